The van der Waals surface area contributed by atoms with Gasteiger partial charge in [-0.25, -0.2) is 0 Å². The molecule has 0 aliphatic rings. The number of aliphatic carboxylic acids is 1. The zero-order valence-electron chi connectivity index (χ0n) is 10.9. The highest BCUT2D eigenvalue weighted by molar-refractivity contribution is 5.84. The monoisotopic (exact) mass is 253 g/mol. The van der Waals surface area contributed by atoms with E-state index in [1.165, 1.54) is 0 Å². The Morgan fingerprint density at radius 2 is 2.06 bits per heavy atom. The highest BCUT2D eigenvalue weighted by Gasteiger charge is 2.29. The summed E-state index contributed by atoms with van der Waals surface area (Å²) in [5, 5.41) is 8.92. The predicted molar refractivity (Wildman–Crippen MR) is 65.8 cm³/mol. The molecule has 100 valence electrons. The Kier molecular flexibility index (Phi) is 4.95. The van der Waals surface area contributed by atoms with Gasteiger partial charge in [0.25, 0.3) is 0 Å². The van der Waals surface area contributed by atoms with Crippen molar-refractivity contribution in [2.45, 2.75) is 27.3 Å². The van der Waals surface area contributed by atoms with E-state index in [1.54, 1.807) is 37.1 Å². The van der Waals surface area contributed by atoms with Crippen molar-refractivity contribution < 1.29 is 19.1 Å². The van der Waals surface area contributed by atoms with Crippen molar-refractivity contribution >= 4 is 11.9 Å². The molecule has 1 aromatic rings. The fourth-order valence-electron chi connectivity index (χ4n) is 1.65. The lowest BCUT2D eigenvalue weighted by molar-refractivity contribution is -0.149. The maximum atomic E-state index is 12.2. The fourth-order valence-corrected chi connectivity index (χ4v) is 1.65. The maximum Gasteiger partial charge on any atom is 0.307 e. The van der Waals surface area contributed by atoms with Crippen molar-refractivity contribution in [1.82, 2.24) is 4.90 Å². The third-order valence-electron chi connectivity index (χ3n) is 3.15. The molecule has 0 aromatic carbocycles. The van der Waals surface area contributed by atoms with Crippen molar-refractivity contribution in [3.05, 3.63) is 24.2 Å². The summed E-state index contributed by atoms with van der Waals surface area (Å²) >= 11 is 0. The van der Waals surface area contributed by atoms with Gasteiger partial charge in [-0.2, -0.15) is 0 Å². The zero-order chi connectivity index (χ0) is 13.7. The van der Waals surface area contributed by atoms with Gasteiger partial charge in [-0.05, 0) is 19.1 Å². The van der Waals surface area contributed by atoms with E-state index in [2.05, 4.69) is 0 Å². The standard InChI is InChI=1S/C13H19NO4/c1-4-14(8-11-6-5-7-18-11)12(15)9(2)10(3)13(16)17/h5-7,9-10H,4,8H2,1-3H3,(H,16,17). The molecule has 5 heteroatoms. The molecule has 0 spiro atoms. The van der Waals surface area contributed by atoms with Gasteiger partial charge in [0.05, 0.1) is 18.7 Å². The van der Waals surface area contributed by atoms with Crippen molar-refractivity contribution in [3.63, 3.8) is 0 Å². The van der Waals surface area contributed by atoms with Crippen LogP contribution in [0.4, 0.5) is 0 Å². The molecule has 1 heterocycles. The Morgan fingerprint density at radius 3 is 2.50 bits per heavy atom. The smallest absolute Gasteiger partial charge is 0.307 e. The van der Waals surface area contributed by atoms with Crippen LogP contribution in [0, 0.1) is 11.8 Å². The van der Waals surface area contributed by atoms with Crippen molar-refractivity contribution in [2.75, 3.05) is 6.54 Å². The number of carboxylic acids is 1. The molecule has 1 rings (SSSR count). The second kappa shape index (κ2) is 6.23. The van der Waals surface area contributed by atoms with Crippen LogP contribution in [0.15, 0.2) is 22.8 Å². The number of amides is 1. The largest absolute Gasteiger partial charge is 0.481 e. The van der Waals surface area contributed by atoms with E-state index >= 15 is 0 Å². The molecule has 0 aliphatic carbocycles. The predicted octanol–water partition coefficient (Wildman–Crippen LogP) is 1.98. The third-order valence-corrected chi connectivity index (χ3v) is 3.15. The van der Waals surface area contributed by atoms with Gasteiger partial charge in [0, 0.05) is 12.5 Å². The van der Waals surface area contributed by atoms with Crippen molar-refractivity contribution in [3.8, 4) is 0 Å². The van der Waals surface area contributed by atoms with E-state index in [0.29, 0.717) is 18.8 Å². The minimum Gasteiger partial charge on any atom is -0.481 e. The number of hydrogen-bond donors (Lipinski definition) is 1. The summed E-state index contributed by atoms with van der Waals surface area (Å²) in [4.78, 5) is 24.7. The van der Waals surface area contributed by atoms with E-state index in [1.807, 2.05) is 6.92 Å². The van der Waals surface area contributed by atoms with Crippen LogP contribution in [0.3, 0.4) is 0 Å². The van der Waals surface area contributed by atoms with Gasteiger partial charge in [0.15, 0.2) is 0 Å². The van der Waals surface area contributed by atoms with E-state index in [4.69, 9.17) is 9.52 Å². The summed E-state index contributed by atoms with van der Waals surface area (Å²) < 4.78 is 5.19. The molecule has 0 bridgehead atoms. The quantitative estimate of drug-likeness (QED) is 0.841. The van der Waals surface area contributed by atoms with Crippen molar-refractivity contribution in [2.24, 2.45) is 11.8 Å². The summed E-state index contributed by atoms with van der Waals surface area (Å²) in [6.45, 7) is 5.95. The number of furan rings is 1. The van der Waals surface area contributed by atoms with Gasteiger partial charge in [-0.1, -0.05) is 13.8 Å². The minimum absolute atomic E-state index is 0.163. The average molecular weight is 253 g/mol. The molecule has 0 saturated heterocycles. The lowest BCUT2D eigenvalue weighted by atomic mass is 9.94. The van der Waals surface area contributed by atoms with E-state index in [-0.39, 0.29) is 5.91 Å². The lowest BCUT2D eigenvalue weighted by Crippen LogP contribution is -2.38. The maximum absolute atomic E-state index is 12.2. The second-order valence-corrected chi connectivity index (χ2v) is 4.35. The molecule has 0 saturated carbocycles. The van der Waals surface area contributed by atoms with Gasteiger partial charge in [-0.15, -0.1) is 0 Å². The van der Waals surface area contributed by atoms with Crippen LogP contribution in [-0.4, -0.2) is 28.4 Å². The Labute approximate surface area is 106 Å². The molecule has 1 N–H and O–H groups in total. The summed E-state index contributed by atoms with van der Waals surface area (Å²) in [6, 6.07) is 3.55. The van der Waals surface area contributed by atoms with E-state index in [9.17, 15) is 9.59 Å². The molecule has 5 nitrogen and oxygen atoms in total. The van der Waals surface area contributed by atoms with Gasteiger partial charge < -0.3 is 14.4 Å². The number of carbonyl (C=O) groups excluding carboxylic acids is 1. The average Bonchev–Trinajstić information content (AvgIpc) is 2.85. The second-order valence-electron chi connectivity index (χ2n) is 4.35. The molecule has 18 heavy (non-hydrogen) atoms. The van der Waals surface area contributed by atoms with Gasteiger partial charge >= 0.3 is 5.97 Å². The SMILES string of the molecule is CCN(Cc1ccco1)C(=O)C(C)C(C)C(=O)O. The molecule has 1 aromatic heterocycles. The van der Waals surface area contributed by atoms with Crippen LogP contribution in [0.5, 0.6) is 0 Å². The van der Waals surface area contributed by atoms with Crippen LogP contribution in [0.2, 0.25) is 0 Å². The molecule has 0 radical (unpaired) electrons. The van der Waals surface area contributed by atoms with Gasteiger partial charge in [0.2, 0.25) is 5.91 Å². The van der Waals surface area contributed by atoms with Crippen LogP contribution in [0.1, 0.15) is 26.5 Å². The zero-order valence-corrected chi connectivity index (χ0v) is 10.9. The third kappa shape index (κ3) is 3.35. The Balaban J connectivity index is 2.70. The Morgan fingerprint density at radius 1 is 1.39 bits per heavy atom. The first-order valence-electron chi connectivity index (χ1n) is 6.01. The van der Waals surface area contributed by atoms with E-state index in [0.717, 1.165) is 0 Å². The molecule has 0 aliphatic heterocycles. The summed E-state index contributed by atoms with van der Waals surface area (Å²) in [6.07, 6.45) is 1.55. The van der Waals surface area contributed by atoms with Gasteiger partial charge in [-0.3, -0.25) is 9.59 Å². The summed E-state index contributed by atoms with van der Waals surface area (Å²) in [5.74, 6) is -1.66. The minimum atomic E-state index is -0.954. The Hall–Kier alpha value is -1.78. The van der Waals surface area contributed by atoms with Crippen LogP contribution >= 0.6 is 0 Å². The van der Waals surface area contributed by atoms with Crippen LogP contribution in [-0.2, 0) is 16.1 Å². The fraction of sp³-hybridized carbons (Fsp3) is 0.538. The molecule has 1 amide bonds. The number of hydrogen-bond acceptors (Lipinski definition) is 3. The highest BCUT2D eigenvalue weighted by atomic mass is 16.4. The summed E-state index contributed by atoms with van der Waals surface area (Å²) in [7, 11) is 0. The highest BCUT2D eigenvalue weighted by Crippen LogP contribution is 2.16. The number of carboxylic acid groups (broad SMARTS) is 1. The normalized spacial score (nSPS) is 13.9. The first-order valence-corrected chi connectivity index (χ1v) is 6.01. The first-order chi connectivity index (χ1) is 8.47. The lowest BCUT2D eigenvalue weighted by Gasteiger charge is -2.25. The number of nitrogens with zero attached hydrogens (tertiary/aromatic N) is 1. The van der Waals surface area contributed by atoms with Crippen LogP contribution in [0.25, 0.3) is 0 Å². The molecular formula is C13H19NO4. The number of rotatable bonds is 6. The Bertz CT molecular complexity index is 399. The summed E-state index contributed by atoms with van der Waals surface area (Å²) in [5.41, 5.74) is 0. The van der Waals surface area contributed by atoms with E-state index < -0.39 is 17.8 Å². The molecule has 0 fully saturated rings. The first kappa shape index (κ1) is 14.3. The molecule has 2 atom stereocenters. The number of carbonyl (C=O) groups is 2. The van der Waals surface area contributed by atoms with Crippen LogP contribution < -0.4 is 0 Å². The molecule has 2 unspecified atom stereocenters. The topological polar surface area (TPSA) is 70.8 Å². The van der Waals surface area contributed by atoms with Gasteiger partial charge in [0.1, 0.15) is 5.76 Å². The van der Waals surface area contributed by atoms with Crippen molar-refractivity contribution in [1.29, 1.82) is 0 Å². The molecular weight excluding hydrogens is 234 g/mol.